The predicted molar refractivity (Wildman–Crippen MR) is 82.0 cm³/mol. The van der Waals surface area contributed by atoms with Crippen molar-refractivity contribution in [2.45, 2.75) is 33.4 Å². The molecule has 2 atom stereocenters. The van der Waals surface area contributed by atoms with Gasteiger partial charge in [-0.2, -0.15) is 0 Å². The largest absolute Gasteiger partial charge is 0.312 e. The van der Waals surface area contributed by atoms with Crippen LogP contribution in [0.25, 0.3) is 0 Å². The Bertz CT molecular complexity index is 495. The molecule has 108 valence electrons. The lowest BCUT2D eigenvalue weighted by molar-refractivity contribution is -0.128. The van der Waals surface area contributed by atoms with E-state index >= 15 is 0 Å². The van der Waals surface area contributed by atoms with Gasteiger partial charge in [0.1, 0.15) is 0 Å². The highest BCUT2D eigenvalue weighted by Crippen LogP contribution is 2.25. The lowest BCUT2D eigenvalue weighted by atomic mass is 9.97. The van der Waals surface area contributed by atoms with Crippen molar-refractivity contribution in [3.05, 3.63) is 47.7 Å². The van der Waals surface area contributed by atoms with Gasteiger partial charge >= 0.3 is 0 Å². The molecule has 0 aliphatic carbocycles. The maximum atomic E-state index is 12.1. The Morgan fingerprint density at radius 1 is 1.30 bits per heavy atom. The molecule has 0 spiro atoms. The van der Waals surface area contributed by atoms with Crippen molar-refractivity contribution in [3.63, 3.8) is 0 Å². The van der Waals surface area contributed by atoms with Crippen LogP contribution in [0.5, 0.6) is 0 Å². The van der Waals surface area contributed by atoms with Crippen LogP contribution in [-0.2, 0) is 11.3 Å². The fraction of sp³-hybridized carbons (Fsp3) is 0.471. The van der Waals surface area contributed by atoms with Gasteiger partial charge in [-0.3, -0.25) is 9.69 Å². The summed E-state index contributed by atoms with van der Waals surface area (Å²) in [4.78, 5) is 16.3. The van der Waals surface area contributed by atoms with Crippen LogP contribution in [0.15, 0.2) is 42.1 Å². The van der Waals surface area contributed by atoms with E-state index in [0.717, 1.165) is 12.2 Å². The Balaban J connectivity index is 2.25. The average Bonchev–Trinajstić information content (AvgIpc) is 2.41. The second kappa shape index (κ2) is 6.23. The number of hydrogen-bond acceptors (Lipinski definition) is 2. The minimum atomic E-state index is 0.115. The van der Waals surface area contributed by atoms with E-state index < -0.39 is 0 Å². The van der Waals surface area contributed by atoms with E-state index in [1.165, 1.54) is 5.56 Å². The predicted octanol–water partition coefficient (Wildman–Crippen LogP) is 2.89. The SMILES string of the molecule is CC(=O)N(Cc1ccccc1)C1=CC(C)N(C)CC1C. The molecule has 0 bridgehead atoms. The van der Waals surface area contributed by atoms with Gasteiger partial charge in [0.25, 0.3) is 0 Å². The first-order valence-corrected chi connectivity index (χ1v) is 7.23. The summed E-state index contributed by atoms with van der Waals surface area (Å²) in [6.07, 6.45) is 2.22. The van der Waals surface area contributed by atoms with Gasteiger partial charge in [0.05, 0.1) is 6.54 Å². The van der Waals surface area contributed by atoms with E-state index in [0.29, 0.717) is 18.5 Å². The van der Waals surface area contributed by atoms with E-state index in [1.54, 1.807) is 6.92 Å². The van der Waals surface area contributed by atoms with Crippen molar-refractivity contribution in [2.24, 2.45) is 5.92 Å². The van der Waals surface area contributed by atoms with Crippen LogP contribution in [0.4, 0.5) is 0 Å². The quantitative estimate of drug-likeness (QED) is 0.844. The zero-order valence-corrected chi connectivity index (χ0v) is 12.8. The molecule has 1 aliphatic heterocycles. The molecule has 0 aromatic heterocycles. The molecule has 20 heavy (non-hydrogen) atoms. The maximum Gasteiger partial charge on any atom is 0.223 e. The minimum absolute atomic E-state index is 0.115. The lowest BCUT2D eigenvalue weighted by Gasteiger charge is -2.37. The third-order valence-electron chi connectivity index (χ3n) is 4.05. The first kappa shape index (κ1) is 14.8. The van der Waals surface area contributed by atoms with Crippen LogP contribution in [0.1, 0.15) is 26.3 Å². The average molecular weight is 272 g/mol. The molecule has 2 rings (SSSR count). The summed E-state index contributed by atoms with van der Waals surface area (Å²) in [6, 6.07) is 10.5. The fourth-order valence-corrected chi connectivity index (χ4v) is 2.74. The third kappa shape index (κ3) is 3.28. The zero-order valence-electron chi connectivity index (χ0n) is 12.8. The molecule has 0 saturated carbocycles. The van der Waals surface area contributed by atoms with Crippen LogP contribution in [0, 0.1) is 5.92 Å². The number of rotatable bonds is 3. The highest BCUT2D eigenvalue weighted by atomic mass is 16.2. The smallest absolute Gasteiger partial charge is 0.223 e. The number of hydrogen-bond donors (Lipinski definition) is 0. The number of nitrogens with zero attached hydrogens (tertiary/aromatic N) is 2. The van der Waals surface area contributed by atoms with E-state index in [4.69, 9.17) is 0 Å². The third-order valence-corrected chi connectivity index (χ3v) is 4.05. The number of amides is 1. The second-order valence-electron chi connectivity index (χ2n) is 5.76. The summed E-state index contributed by atoms with van der Waals surface area (Å²) >= 11 is 0. The highest BCUT2D eigenvalue weighted by Gasteiger charge is 2.26. The van der Waals surface area contributed by atoms with Gasteiger partial charge in [-0.05, 0) is 25.6 Å². The molecule has 0 radical (unpaired) electrons. The monoisotopic (exact) mass is 272 g/mol. The molecular formula is C17H24N2O. The molecule has 1 aromatic carbocycles. The van der Waals surface area contributed by atoms with Crippen molar-refractivity contribution in [3.8, 4) is 0 Å². The second-order valence-corrected chi connectivity index (χ2v) is 5.76. The van der Waals surface area contributed by atoms with Gasteiger partial charge in [-0.1, -0.05) is 37.3 Å². The maximum absolute atomic E-state index is 12.1. The molecule has 0 saturated heterocycles. The molecule has 3 heteroatoms. The van der Waals surface area contributed by atoms with Crippen molar-refractivity contribution in [1.82, 2.24) is 9.80 Å². The molecule has 0 N–H and O–H groups in total. The van der Waals surface area contributed by atoms with Gasteiger partial charge in [0, 0.05) is 31.1 Å². The van der Waals surface area contributed by atoms with Crippen LogP contribution in [-0.4, -0.2) is 35.3 Å². The number of benzene rings is 1. The Kier molecular flexibility index (Phi) is 4.61. The number of carbonyl (C=O) groups excluding carboxylic acids is 1. The van der Waals surface area contributed by atoms with Crippen molar-refractivity contribution in [2.75, 3.05) is 13.6 Å². The summed E-state index contributed by atoms with van der Waals surface area (Å²) in [5, 5.41) is 0. The molecule has 3 nitrogen and oxygen atoms in total. The first-order chi connectivity index (χ1) is 9.49. The van der Waals surface area contributed by atoms with Gasteiger partial charge in [0.15, 0.2) is 0 Å². The lowest BCUT2D eigenvalue weighted by Crippen LogP contribution is -2.42. The standard InChI is InChI=1S/C17H24N2O/c1-13-11-18(4)14(2)10-17(13)19(15(3)20)12-16-8-6-5-7-9-16/h5-10,13-14H,11-12H2,1-4H3. The Labute approximate surface area is 121 Å². The van der Waals surface area contributed by atoms with Crippen LogP contribution >= 0.6 is 0 Å². The molecule has 0 fully saturated rings. The first-order valence-electron chi connectivity index (χ1n) is 7.23. The van der Waals surface area contributed by atoms with E-state index in [9.17, 15) is 4.79 Å². The molecule has 2 unspecified atom stereocenters. The number of likely N-dealkylation sites (N-methyl/N-ethyl adjacent to an activating group) is 1. The summed E-state index contributed by atoms with van der Waals surface area (Å²) in [5.74, 6) is 0.493. The summed E-state index contributed by atoms with van der Waals surface area (Å²) in [6.45, 7) is 7.66. The van der Waals surface area contributed by atoms with Gasteiger partial charge in [0.2, 0.25) is 5.91 Å². The summed E-state index contributed by atoms with van der Waals surface area (Å²) < 4.78 is 0. The molecule has 1 aliphatic rings. The number of carbonyl (C=O) groups is 1. The minimum Gasteiger partial charge on any atom is -0.312 e. The molecule has 1 amide bonds. The van der Waals surface area contributed by atoms with Crippen molar-refractivity contribution >= 4 is 5.91 Å². The van der Waals surface area contributed by atoms with E-state index in [2.05, 4.69) is 44.0 Å². The Morgan fingerprint density at radius 2 is 1.95 bits per heavy atom. The van der Waals surface area contributed by atoms with Crippen LogP contribution < -0.4 is 0 Å². The zero-order chi connectivity index (χ0) is 14.7. The normalized spacial score (nSPS) is 23.3. The van der Waals surface area contributed by atoms with Gasteiger partial charge < -0.3 is 4.90 Å². The molecule has 1 aromatic rings. The van der Waals surface area contributed by atoms with E-state index in [-0.39, 0.29) is 5.91 Å². The summed E-state index contributed by atoms with van der Waals surface area (Å²) in [7, 11) is 2.13. The van der Waals surface area contributed by atoms with Crippen molar-refractivity contribution < 1.29 is 4.79 Å². The molecular weight excluding hydrogens is 248 g/mol. The Hall–Kier alpha value is -1.61. The topological polar surface area (TPSA) is 23.6 Å². The molecule has 1 heterocycles. The van der Waals surface area contributed by atoms with Crippen molar-refractivity contribution in [1.29, 1.82) is 0 Å². The van der Waals surface area contributed by atoms with Crippen LogP contribution in [0.3, 0.4) is 0 Å². The van der Waals surface area contributed by atoms with Gasteiger partial charge in [-0.25, -0.2) is 0 Å². The van der Waals surface area contributed by atoms with Crippen LogP contribution in [0.2, 0.25) is 0 Å². The van der Waals surface area contributed by atoms with Gasteiger partial charge in [-0.15, -0.1) is 0 Å². The van der Waals surface area contributed by atoms with E-state index in [1.807, 2.05) is 23.1 Å². The summed E-state index contributed by atoms with van der Waals surface area (Å²) in [5.41, 5.74) is 2.33. The fourth-order valence-electron chi connectivity index (χ4n) is 2.74. The highest BCUT2D eigenvalue weighted by molar-refractivity contribution is 5.75. The Morgan fingerprint density at radius 3 is 2.55 bits per heavy atom.